The maximum atomic E-state index is 9.83. The highest BCUT2D eigenvalue weighted by molar-refractivity contribution is 9.10. The summed E-state index contributed by atoms with van der Waals surface area (Å²) in [5.41, 5.74) is 2.39. The summed E-state index contributed by atoms with van der Waals surface area (Å²) >= 11 is 3.46. The van der Waals surface area contributed by atoms with Gasteiger partial charge in [0.2, 0.25) is 6.08 Å². The predicted octanol–water partition coefficient (Wildman–Crippen LogP) is 2.64. The van der Waals surface area contributed by atoms with Crippen LogP contribution in [0.1, 0.15) is 11.1 Å². The molecule has 0 saturated heterocycles. The Morgan fingerprint density at radius 2 is 2.31 bits per heavy atom. The van der Waals surface area contributed by atoms with Crippen molar-refractivity contribution in [3.05, 3.63) is 33.8 Å². The average Bonchev–Trinajstić information content (AvgIpc) is 2.09. The molecule has 0 radical (unpaired) electrons. The lowest BCUT2D eigenvalue weighted by atomic mass is 10.1. The summed E-state index contributed by atoms with van der Waals surface area (Å²) in [5.74, 6) is 0. The van der Waals surface area contributed by atoms with E-state index in [0.717, 1.165) is 10.9 Å². The van der Waals surface area contributed by atoms with Crippen molar-refractivity contribution < 1.29 is 4.79 Å². The van der Waals surface area contributed by atoms with Crippen LogP contribution in [0, 0.1) is 6.92 Å². The maximum absolute atomic E-state index is 9.83. The van der Waals surface area contributed by atoms with Crippen LogP contribution in [0.4, 0.5) is 0 Å². The Labute approximate surface area is 85.8 Å². The van der Waals surface area contributed by atoms with Crippen molar-refractivity contribution in [2.24, 2.45) is 4.99 Å². The Morgan fingerprint density at radius 3 is 2.92 bits per heavy atom. The van der Waals surface area contributed by atoms with Gasteiger partial charge >= 0.3 is 0 Å². The molecule has 1 rings (SSSR count). The van der Waals surface area contributed by atoms with Gasteiger partial charge < -0.3 is 0 Å². The van der Waals surface area contributed by atoms with Crippen LogP contribution in [0.15, 0.2) is 27.7 Å². The molecule has 0 saturated carbocycles. The molecular weight excluding hydrogens is 230 g/mol. The third kappa shape index (κ3) is 3.13. The van der Waals surface area contributed by atoms with Gasteiger partial charge in [0, 0.05) is 4.47 Å². The molecule has 0 aromatic heterocycles. The first-order valence-electron chi connectivity index (χ1n) is 4.02. The molecule has 0 spiro atoms. The second kappa shape index (κ2) is 4.95. The molecule has 0 atom stereocenters. The largest absolute Gasteiger partial charge is 0.234 e. The standard InChI is InChI=1S/C10H10BrNO/c1-8-2-3-9(10(11)6-8)4-5-12-7-13/h2-3,6H,4-5H2,1H3. The zero-order valence-corrected chi connectivity index (χ0v) is 8.97. The van der Waals surface area contributed by atoms with Crippen LogP contribution in [-0.4, -0.2) is 12.6 Å². The Kier molecular flexibility index (Phi) is 3.87. The lowest BCUT2D eigenvalue weighted by Gasteiger charge is -2.02. The molecule has 13 heavy (non-hydrogen) atoms. The average molecular weight is 240 g/mol. The highest BCUT2D eigenvalue weighted by Crippen LogP contribution is 2.18. The number of nitrogens with zero attached hydrogens (tertiary/aromatic N) is 1. The number of hydrogen-bond acceptors (Lipinski definition) is 2. The van der Waals surface area contributed by atoms with E-state index in [4.69, 9.17) is 0 Å². The number of benzene rings is 1. The molecule has 3 heteroatoms. The van der Waals surface area contributed by atoms with Crippen LogP contribution in [0.25, 0.3) is 0 Å². The van der Waals surface area contributed by atoms with Crippen LogP contribution in [0.2, 0.25) is 0 Å². The van der Waals surface area contributed by atoms with Crippen molar-refractivity contribution in [2.75, 3.05) is 6.54 Å². The molecule has 0 fully saturated rings. The van der Waals surface area contributed by atoms with Gasteiger partial charge in [-0.3, -0.25) is 0 Å². The zero-order valence-electron chi connectivity index (χ0n) is 7.38. The van der Waals surface area contributed by atoms with Crippen molar-refractivity contribution in [3.63, 3.8) is 0 Å². The van der Waals surface area contributed by atoms with Gasteiger partial charge in [-0.1, -0.05) is 28.1 Å². The summed E-state index contributed by atoms with van der Waals surface area (Å²) in [6.07, 6.45) is 2.30. The third-order valence-electron chi connectivity index (χ3n) is 1.77. The SMILES string of the molecule is Cc1ccc(CCN=C=O)c(Br)c1. The molecule has 1 aromatic rings. The quantitative estimate of drug-likeness (QED) is 0.589. The molecule has 0 aliphatic heterocycles. The van der Waals surface area contributed by atoms with Crippen LogP contribution in [-0.2, 0) is 11.2 Å². The fourth-order valence-electron chi connectivity index (χ4n) is 1.08. The van der Waals surface area contributed by atoms with E-state index in [2.05, 4.69) is 27.0 Å². The summed E-state index contributed by atoms with van der Waals surface area (Å²) in [6.45, 7) is 2.54. The van der Waals surface area contributed by atoms with Crippen LogP contribution in [0.5, 0.6) is 0 Å². The first kappa shape index (κ1) is 10.2. The molecule has 1 aromatic carbocycles. The highest BCUT2D eigenvalue weighted by atomic mass is 79.9. The first-order valence-corrected chi connectivity index (χ1v) is 4.82. The highest BCUT2D eigenvalue weighted by Gasteiger charge is 1.98. The van der Waals surface area contributed by atoms with Crippen LogP contribution in [0.3, 0.4) is 0 Å². The van der Waals surface area contributed by atoms with Gasteiger partial charge in [-0.2, -0.15) is 0 Å². The summed E-state index contributed by atoms with van der Waals surface area (Å²) in [4.78, 5) is 13.3. The zero-order chi connectivity index (χ0) is 9.68. The van der Waals surface area contributed by atoms with Crippen molar-refractivity contribution >= 4 is 22.0 Å². The molecule has 68 valence electrons. The predicted molar refractivity (Wildman–Crippen MR) is 55.6 cm³/mol. The summed E-state index contributed by atoms with van der Waals surface area (Å²) in [7, 11) is 0. The number of rotatable bonds is 3. The molecule has 2 nitrogen and oxygen atoms in total. The lowest BCUT2D eigenvalue weighted by Crippen LogP contribution is -1.90. The van der Waals surface area contributed by atoms with Gasteiger partial charge in [-0.25, -0.2) is 9.79 Å². The number of halogens is 1. The van der Waals surface area contributed by atoms with Crippen LogP contribution >= 0.6 is 15.9 Å². The fraction of sp³-hybridized carbons (Fsp3) is 0.300. The molecule has 0 aliphatic rings. The third-order valence-corrected chi connectivity index (χ3v) is 2.50. The van der Waals surface area contributed by atoms with Gasteiger partial charge in [0.05, 0.1) is 6.54 Å². The molecule has 0 N–H and O–H groups in total. The molecule has 0 aliphatic carbocycles. The fourth-order valence-corrected chi connectivity index (χ4v) is 1.77. The Hall–Kier alpha value is -0.920. The van der Waals surface area contributed by atoms with E-state index in [-0.39, 0.29) is 0 Å². The molecule has 0 unspecified atom stereocenters. The van der Waals surface area contributed by atoms with Gasteiger partial charge in [0.15, 0.2) is 0 Å². The van der Waals surface area contributed by atoms with Crippen molar-refractivity contribution in [2.45, 2.75) is 13.3 Å². The summed E-state index contributed by atoms with van der Waals surface area (Å²) in [5, 5.41) is 0. The van der Waals surface area contributed by atoms with E-state index < -0.39 is 0 Å². The topological polar surface area (TPSA) is 29.4 Å². The Balaban J connectivity index is 2.71. The van der Waals surface area contributed by atoms with E-state index in [0.29, 0.717) is 6.54 Å². The second-order valence-electron chi connectivity index (χ2n) is 2.82. The summed E-state index contributed by atoms with van der Waals surface area (Å²) in [6, 6.07) is 6.14. The summed E-state index contributed by atoms with van der Waals surface area (Å²) < 4.78 is 1.08. The molecule has 0 heterocycles. The van der Waals surface area contributed by atoms with E-state index in [9.17, 15) is 4.79 Å². The van der Waals surface area contributed by atoms with E-state index in [1.165, 1.54) is 17.2 Å². The number of aliphatic imine (C=N–C) groups is 1. The number of aryl methyl sites for hydroxylation is 1. The lowest BCUT2D eigenvalue weighted by molar-refractivity contribution is 0.563. The van der Waals surface area contributed by atoms with Gasteiger partial charge in [-0.15, -0.1) is 0 Å². The van der Waals surface area contributed by atoms with Gasteiger partial charge in [-0.05, 0) is 30.5 Å². The number of carbonyl (C=O) groups excluding carboxylic acids is 1. The minimum absolute atomic E-state index is 0.505. The number of hydrogen-bond donors (Lipinski definition) is 0. The normalized spacial score (nSPS) is 9.38. The Bertz CT molecular complexity index is 343. The molecular formula is C10H10BrNO. The van der Waals surface area contributed by atoms with Crippen molar-refractivity contribution in [1.29, 1.82) is 0 Å². The molecule has 0 bridgehead atoms. The smallest absolute Gasteiger partial charge is 0.211 e. The maximum Gasteiger partial charge on any atom is 0.234 e. The molecule has 0 amide bonds. The van der Waals surface area contributed by atoms with Gasteiger partial charge in [0.1, 0.15) is 0 Å². The monoisotopic (exact) mass is 239 g/mol. The van der Waals surface area contributed by atoms with E-state index >= 15 is 0 Å². The number of isocyanates is 1. The second-order valence-corrected chi connectivity index (χ2v) is 3.67. The first-order chi connectivity index (χ1) is 6.24. The minimum atomic E-state index is 0.505. The van der Waals surface area contributed by atoms with E-state index in [1.807, 2.05) is 19.1 Å². The van der Waals surface area contributed by atoms with E-state index in [1.54, 1.807) is 0 Å². The van der Waals surface area contributed by atoms with Crippen molar-refractivity contribution in [3.8, 4) is 0 Å². The minimum Gasteiger partial charge on any atom is -0.211 e. The van der Waals surface area contributed by atoms with Crippen molar-refractivity contribution in [1.82, 2.24) is 0 Å². The Morgan fingerprint density at radius 1 is 1.54 bits per heavy atom. The van der Waals surface area contributed by atoms with Gasteiger partial charge in [0.25, 0.3) is 0 Å². The van der Waals surface area contributed by atoms with Crippen LogP contribution < -0.4 is 0 Å².